The topological polar surface area (TPSA) is 75.4 Å². The van der Waals surface area contributed by atoms with E-state index in [0.29, 0.717) is 0 Å². The van der Waals surface area contributed by atoms with Gasteiger partial charge in [-0.3, -0.25) is 14.3 Å². The molecule has 0 aromatic carbocycles. The minimum Gasteiger partial charge on any atom is -0.480 e. The lowest BCUT2D eigenvalue weighted by Crippen LogP contribution is -2.38. The van der Waals surface area contributed by atoms with Crippen LogP contribution in [0.5, 0.6) is 0 Å². The van der Waals surface area contributed by atoms with E-state index in [1.807, 2.05) is 0 Å². The number of amides is 1. The van der Waals surface area contributed by atoms with Gasteiger partial charge in [-0.05, 0) is 6.07 Å². The Kier molecular flexibility index (Phi) is 4.89. The van der Waals surface area contributed by atoms with E-state index in [4.69, 9.17) is 5.11 Å². The number of aliphatic carboxylic acids is 1. The maximum Gasteiger partial charge on any atom is 0.435 e. The number of carbonyl (C=O) groups excluding carboxylic acids is 1. The van der Waals surface area contributed by atoms with Crippen LogP contribution < -0.4 is 0 Å². The molecular formula is C11H12F3N3O3. The van der Waals surface area contributed by atoms with Crippen LogP contribution in [0.15, 0.2) is 24.9 Å². The summed E-state index contributed by atoms with van der Waals surface area (Å²) in [6.07, 6.45) is -2.26. The Morgan fingerprint density at radius 1 is 1.50 bits per heavy atom. The highest BCUT2D eigenvalue weighted by molar-refractivity contribution is 5.81. The Morgan fingerprint density at radius 3 is 2.60 bits per heavy atom. The smallest absolute Gasteiger partial charge is 0.435 e. The first kappa shape index (κ1) is 15.7. The molecule has 9 heteroatoms. The predicted molar refractivity (Wildman–Crippen MR) is 61.6 cm³/mol. The summed E-state index contributed by atoms with van der Waals surface area (Å²) in [7, 11) is 0. The molecule has 1 N–H and O–H groups in total. The van der Waals surface area contributed by atoms with Crippen LogP contribution in [0.1, 0.15) is 5.69 Å². The molecular weight excluding hydrogens is 279 g/mol. The first-order chi connectivity index (χ1) is 9.24. The second-order valence-electron chi connectivity index (χ2n) is 3.85. The Hall–Kier alpha value is -2.32. The number of carboxylic acids is 1. The van der Waals surface area contributed by atoms with Gasteiger partial charge >= 0.3 is 12.1 Å². The van der Waals surface area contributed by atoms with Gasteiger partial charge in [0.2, 0.25) is 5.91 Å². The molecule has 0 aliphatic heterocycles. The van der Waals surface area contributed by atoms with Gasteiger partial charge in [0, 0.05) is 12.7 Å². The lowest BCUT2D eigenvalue weighted by Gasteiger charge is -2.18. The fourth-order valence-corrected chi connectivity index (χ4v) is 1.41. The summed E-state index contributed by atoms with van der Waals surface area (Å²) in [6, 6.07) is 0.738. The van der Waals surface area contributed by atoms with Crippen LogP contribution in [0, 0.1) is 0 Å². The quantitative estimate of drug-likeness (QED) is 0.793. The average molecular weight is 291 g/mol. The summed E-state index contributed by atoms with van der Waals surface area (Å²) in [5, 5.41) is 11.9. The van der Waals surface area contributed by atoms with Crippen LogP contribution in [0.3, 0.4) is 0 Å². The molecule has 0 aliphatic rings. The van der Waals surface area contributed by atoms with Crippen LogP contribution in [-0.2, 0) is 22.3 Å². The first-order valence-electron chi connectivity index (χ1n) is 5.45. The molecule has 0 saturated heterocycles. The van der Waals surface area contributed by atoms with Crippen LogP contribution in [0.4, 0.5) is 13.2 Å². The second kappa shape index (κ2) is 6.22. The Bertz CT molecular complexity index is 511. The highest BCUT2D eigenvalue weighted by atomic mass is 19.4. The van der Waals surface area contributed by atoms with E-state index in [0.717, 1.165) is 21.8 Å². The normalized spacial score (nSPS) is 11.2. The maximum atomic E-state index is 12.3. The SMILES string of the molecule is C=CCN(CC(=O)O)C(=O)Cn1ccc(C(F)(F)F)n1. The Morgan fingerprint density at radius 2 is 2.15 bits per heavy atom. The Labute approximate surface area is 112 Å². The number of halogens is 3. The van der Waals surface area contributed by atoms with Crippen molar-refractivity contribution in [1.82, 2.24) is 14.7 Å². The van der Waals surface area contributed by atoms with Gasteiger partial charge in [-0.15, -0.1) is 6.58 Å². The van der Waals surface area contributed by atoms with Crippen molar-refractivity contribution >= 4 is 11.9 Å². The van der Waals surface area contributed by atoms with Crippen LogP contribution in [0.25, 0.3) is 0 Å². The number of hydrogen-bond acceptors (Lipinski definition) is 3. The van der Waals surface area contributed by atoms with Crippen LogP contribution >= 0.6 is 0 Å². The van der Waals surface area contributed by atoms with E-state index >= 15 is 0 Å². The average Bonchev–Trinajstić information content (AvgIpc) is 2.76. The molecule has 1 amide bonds. The molecule has 6 nitrogen and oxygen atoms in total. The molecule has 1 aromatic heterocycles. The van der Waals surface area contributed by atoms with Crippen molar-refractivity contribution < 1.29 is 27.9 Å². The lowest BCUT2D eigenvalue weighted by molar-refractivity contribution is -0.144. The molecule has 1 rings (SSSR count). The van der Waals surface area contributed by atoms with Crippen molar-refractivity contribution in [1.29, 1.82) is 0 Å². The zero-order valence-electron chi connectivity index (χ0n) is 10.3. The molecule has 0 fully saturated rings. The molecule has 20 heavy (non-hydrogen) atoms. The summed E-state index contributed by atoms with van der Waals surface area (Å²) >= 11 is 0. The van der Waals surface area contributed by atoms with E-state index in [9.17, 15) is 22.8 Å². The monoisotopic (exact) mass is 291 g/mol. The van der Waals surface area contributed by atoms with Crippen molar-refractivity contribution in [2.24, 2.45) is 0 Å². The van der Waals surface area contributed by atoms with Gasteiger partial charge in [0.15, 0.2) is 5.69 Å². The second-order valence-corrected chi connectivity index (χ2v) is 3.85. The first-order valence-corrected chi connectivity index (χ1v) is 5.45. The zero-order valence-corrected chi connectivity index (χ0v) is 10.3. The largest absolute Gasteiger partial charge is 0.480 e. The molecule has 1 aromatic rings. The lowest BCUT2D eigenvalue weighted by atomic mass is 10.4. The van der Waals surface area contributed by atoms with Gasteiger partial charge in [-0.1, -0.05) is 6.08 Å². The molecule has 0 atom stereocenters. The minimum atomic E-state index is -4.59. The minimum absolute atomic E-state index is 0.0153. The van der Waals surface area contributed by atoms with E-state index in [1.54, 1.807) is 0 Å². The Balaban J connectivity index is 2.75. The standard InChI is InChI=1S/C11H12F3N3O3/c1-2-4-16(7-10(19)20)9(18)6-17-5-3-8(15-17)11(12,13)14/h2-3,5H,1,4,6-7H2,(H,19,20). The van der Waals surface area contributed by atoms with E-state index in [2.05, 4.69) is 11.7 Å². The fourth-order valence-electron chi connectivity index (χ4n) is 1.41. The van der Waals surface area contributed by atoms with Gasteiger partial charge < -0.3 is 10.0 Å². The van der Waals surface area contributed by atoms with Crippen LogP contribution in [-0.4, -0.2) is 44.8 Å². The summed E-state index contributed by atoms with van der Waals surface area (Å²) < 4.78 is 37.8. The van der Waals surface area contributed by atoms with Crippen LogP contribution in [0.2, 0.25) is 0 Å². The maximum absolute atomic E-state index is 12.3. The number of carbonyl (C=O) groups is 2. The summed E-state index contributed by atoms with van der Waals surface area (Å²) in [4.78, 5) is 23.3. The van der Waals surface area contributed by atoms with Crippen molar-refractivity contribution in [3.8, 4) is 0 Å². The van der Waals surface area contributed by atoms with Crippen molar-refractivity contribution in [3.05, 3.63) is 30.6 Å². The van der Waals surface area contributed by atoms with Gasteiger partial charge in [-0.25, -0.2) is 0 Å². The number of rotatable bonds is 6. The van der Waals surface area contributed by atoms with Crippen molar-refractivity contribution in [2.75, 3.05) is 13.1 Å². The molecule has 1 heterocycles. The molecule has 110 valence electrons. The number of hydrogen-bond donors (Lipinski definition) is 1. The molecule has 0 aliphatic carbocycles. The molecule has 0 unspecified atom stereocenters. The highest BCUT2D eigenvalue weighted by Gasteiger charge is 2.33. The van der Waals surface area contributed by atoms with E-state index in [1.165, 1.54) is 6.08 Å². The van der Waals surface area contributed by atoms with Gasteiger partial charge in [0.25, 0.3) is 0 Å². The molecule has 0 saturated carbocycles. The van der Waals surface area contributed by atoms with E-state index in [-0.39, 0.29) is 6.54 Å². The third-order valence-corrected chi connectivity index (χ3v) is 2.26. The summed E-state index contributed by atoms with van der Waals surface area (Å²) in [6.45, 7) is 2.33. The molecule has 0 radical (unpaired) electrons. The van der Waals surface area contributed by atoms with Crippen molar-refractivity contribution in [2.45, 2.75) is 12.7 Å². The number of aromatic nitrogens is 2. The highest BCUT2D eigenvalue weighted by Crippen LogP contribution is 2.27. The van der Waals surface area contributed by atoms with Gasteiger partial charge in [0.1, 0.15) is 13.1 Å². The van der Waals surface area contributed by atoms with Gasteiger partial charge in [0.05, 0.1) is 0 Å². The molecule has 0 spiro atoms. The fraction of sp³-hybridized carbons (Fsp3) is 0.364. The van der Waals surface area contributed by atoms with Gasteiger partial charge in [-0.2, -0.15) is 18.3 Å². The third-order valence-electron chi connectivity index (χ3n) is 2.26. The van der Waals surface area contributed by atoms with Crippen molar-refractivity contribution in [3.63, 3.8) is 0 Å². The third kappa shape index (κ3) is 4.41. The molecule has 0 bridgehead atoms. The zero-order chi connectivity index (χ0) is 15.3. The summed E-state index contributed by atoms with van der Waals surface area (Å²) in [5.41, 5.74) is -1.11. The number of nitrogens with zero attached hydrogens (tertiary/aromatic N) is 3. The number of alkyl halides is 3. The number of carboxylic acid groups (broad SMARTS) is 1. The van der Waals surface area contributed by atoms with E-state index < -0.39 is 36.8 Å². The predicted octanol–water partition coefficient (Wildman–Crippen LogP) is 1.00. The summed E-state index contributed by atoms with van der Waals surface area (Å²) in [5.74, 6) is -1.89.